The highest BCUT2D eigenvalue weighted by Crippen LogP contribution is 2.19. The number of amides is 2. The van der Waals surface area contributed by atoms with Crippen LogP contribution >= 0.6 is 0 Å². The van der Waals surface area contributed by atoms with Gasteiger partial charge in [0.2, 0.25) is 0 Å². The summed E-state index contributed by atoms with van der Waals surface area (Å²) in [6, 6.07) is 5.12. The second-order valence-corrected chi connectivity index (χ2v) is 5.69. The molecule has 0 saturated heterocycles. The van der Waals surface area contributed by atoms with Gasteiger partial charge in [0.1, 0.15) is 0 Å². The van der Waals surface area contributed by atoms with Crippen molar-refractivity contribution < 1.29 is 14.7 Å². The molecule has 3 N–H and O–H groups in total. The van der Waals surface area contributed by atoms with E-state index in [2.05, 4.69) is 10.6 Å². The third kappa shape index (κ3) is 4.29. The molecule has 0 unspecified atom stereocenters. The zero-order chi connectivity index (χ0) is 15.4. The molecule has 0 bridgehead atoms. The molecule has 1 aromatic rings. The third-order valence-electron chi connectivity index (χ3n) is 3.90. The van der Waals surface area contributed by atoms with Gasteiger partial charge in [-0.05, 0) is 63.3 Å². The van der Waals surface area contributed by atoms with Crippen LogP contribution in [0.3, 0.4) is 0 Å². The topological polar surface area (TPSA) is 78.4 Å². The molecule has 0 radical (unpaired) electrons. The fourth-order valence-electron chi connectivity index (χ4n) is 2.71. The van der Waals surface area contributed by atoms with Gasteiger partial charge in [-0.15, -0.1) is 0 Å². The van der Waals surface area contributed by atoms with E-state index in [0.29, 0.717) is 11.3 Å². The van der Waals surface area contributed by atoms with Gasteiger partial charge in [0, 0.05) is 17.3 Å². The predicted octanol–water partition coefficient (Wildman–Crippen LogP) is 2.62. The number of Topliss-reactive ketones (excluding diaryl/α,β-unsaturated/α-hetero) is 1. The maximum atomic E-state index is 11.9. The van der Waals surface area contributed by atoms with Gasteiger partial charge in [0.15, 0.2) is 5.78 Å². The second kappa shape index (κ2) is 6.72. The molecular weight excluding hydrogens is 268 g/mol. The first-order valence-electron chi connectivity index (χ1n) is 7.33. The number of anilines is 1. The van der Waals surface area contributed by atoms with E-state index in [-0.39, 0.29) is 24.0 Å². The lowest BCUT2D eigenvalue weighted by Crippen LogP contribution is -2.40. The number of rotatable bonds is 3. The van der Waals surface area contributed by atoms with Gasteiger partial charge in [-0.2, -0.15) is 0 Å². The molecule has 0 atom stereocenters. The molecule has 1 saturated carbocycles. The van der Waals surface area contributed by atoms with Crippen molar-refractivity contribution in [2.24, 2.45) is 0 Å². The van der Waals surface area contributed by atoms with Crippen molar-refractivity contribution in [3.63, 3.8) is 0 Å². The summed E-state index contributed by atoms with van der Waals surface area (Å²) in [6.07, 6.45) is 2.84. The molecule has 21 heavy (non-hydrogen) atoms. The lowest BCUT2D eigenvalue weighted by atomic mass is 9.93. The molecule has 0 spiro atoms. The first-order valence-corrected chi connectivity index (χ1v) is 7.33. The number of hydrogen-bond donors (Lipinski definition) is 3. The van der Waals surface area contributed by atoms with Crippen LogP contribution < -0.4 is 10.6 Å². The fourth-order valence-corrected chi connectivity index (χ4v) is 2.71. The number of urea groups is 1. The summed E-state index contributed by atoms with van der Waals surface area (Å²) in [5.41, 5.74) is 2.19. The Hall–Kier alpha value is -1.88. The van der Waals surface area contributed by atoms with E-state index < -0.39 is 0 Å². The number of ketones is 1. The maximum Gasteiger partial charge on any atom is 0.319 e. The van der Waals surface area contributed by atoms with Crippen LogP contribution in [0.25, 0.3) is 0 Å². The molecule has 0 heterocycles. The number of aliphatic hydroxyl groups excluding tert-OH is 1. The summed E-state index contributed by atoms with van der Waals surface area (Å²) < 4.78 is 0. The van der Waals surface area contributed by atoms with Crippen LogP contribution in [0.4, 0.5) is 10.5 Å². The van der Waals surface area contributed by atoms with E-state index in [1.807, 2.05) is 6.92 Å². The second-order valence-electron chi connectivity index (χ2n) is 5.69. The van der Waals surface area contributed by atoms with E-state index in [0.717, 1.165) is 31.2 Å². The molecule has 1 aliphatic carbocycles. The van der Waals surface area contributed by atoms with Crippen molar-refractivity contribution in [1.82, 2.24) is 5.32 Å². The molecule has 114 valence electrons. The Kier molecular flexibility index (Phi) is 4.96. The Morgan fingerprint density at radius 3 is 2.43 bits per heavy atom. The van der Waals surface area contributed by atoms with Gasteiger partial charge in [-0.25, -0.2) is 4.79 Å². The lowest BCUT2D eigenvalue weighted by Gasteiger charge is -2.26. The summed E-state index contributed by atoms with van der Waals surface area (Å²) in [7, 11) is 0. The highest BCUT2D eigenvalue weighted by atomic mass is 16.3. The minimum absolute atomic E-state index is 0.0178. The summed E-state index contributed by atoms with van der Waals surface area (Å²) in [6.45, 7) is 3.38. The summed E-state index contributed by atoms with van der Waals surface area (Å²) in [4.78, 5) is 23.3. The number of carbonyl (C=O) groups excluding carboxylic acids is 2. The van der Waals surface area contributed by atoms with E-state index >= 15 is 0 Å². The Balaban J connectivity index is 1.91. The minimum atomic E-state index is -0.244. The molecule has 5 nitrogen and oxygen atoms in total. The summed E-state index contributed by atoms with van der Waals surface area (Å²) in [5, 5.41) is 15.1. The molecule has 1 fully saturated rings. The normalized spacial score (nSPS) is 21.7. The van der Waals surface area contributed by atoms with E-state index in [9.17, 15) is 14.7 Å². The molecule has 1 aliphatic rings. The predicted molar refractivity (Wildman–Crippen MR) is 81.6 cm³/mol. The summed E-state index contributed by atoms with van der Waals surface area (Å²) >= 11 is 0. The average Bonchev–Trinajstić information content (AvgIpc) is 2.41. The van der Waals surface area contributed by atoms with Crippen LogP contribution in [0.2, 0.25) is 0 Å². The van der Waals surface area contributed by atoms with Gasteiger partial charge in [0.25, 0.3) is 0 Å². The lowest BCUT2D eigenvalue weighted by molar-refractivity contribution is 0.101. The van der Waals surface area contributed by atoms with Crippen molar-refractivity contribution in [2.45, 2.75) is 51.7 Å². The van der Waals surface area contributed by atoms with Crippen molar-refractivity contribution in [3.8, 4) is 0 Å². The molecule has 5 heteroatoms. The quantitative estimate of drug-likeness (QED) is 0.749. The first kappa shape index (κ1) is 15.5. The monoisotopic (exact) mass is 290 g/mol. The Bertz CT molecular complexity index is 534. The van der Waals surface area contributed by atoms with Gasteiger partial charge in [-0.3, -0.25) is 4.79 Å². The molecule has 2 rings (SSSR count). The zero-order valence-electron chi connectivity index (χ0n) is 12.5. The number of carbonyl (C=O) groups is 2. The summed E-state index contributed by atoms with van der Waals surface area (Å²) in [5.74, 6) is 0.0178. The van der Waals surface area contributed by atoms with E-state index in [4.69, 9.17) is 0 Å². The van der Waals surface area contributed by atoms with E-state index in [1.165, 1.54) is 6.92 Å². The van der Waals surface area contributed by atoms with Crippen LogP contribution in [-0.2, 0) is 0 Å². The van der Waals surface area contributed by atoms with Crippen molar-refractivity contribution in [1.29, 1.82) is 0 Å². The Morgan fingerprint density at radius 1 is 1.19 bits per heavy atom. The van der Waals surface area contributed by atoms with Crippen molar-refractivity contribution >= 4 is 17.5 Å². The standard InChI is InChI=1S/C16H22N2O3/c1-10-9-13(5-8-15(10)11(2)19)18-16(21)17-12-3-6-14(20)7-4-12/h5,8-9,12,14,20H,3-4,6-7H2,1-2H3,(H2,17,18,21). The fraction of sp³-hybridized carbons (Fsp3) is 0.500. The van der Waals surface area contributed by atoms with Crippen LogP contribution in [-0.4, -0.2) is 29.1 Å². The van der Waals surface area contributed by atoms with Crippen LogP contribution in [0.5, 0.6) is 0 Å². The van der Waals surface area contributed by atoms with Gasteiger partial charge in [-0.1, -0.05) is 0 Å². The number of nitrogens with one attached hydrogen (secondary N) is 2. The first-order chi connectivity index (χ1) is 9.95. The molecule has 0 aromatic heterocycles. The molecule has 2 amide bonds. The van der Waals surface area contributed by atoms with Gasteiger partial charge < -0.3 is 15.7 Å². The molecule has 0 aliphatic heterocycles. The van der Waals surface area contributed by atoms with Crippen LogP contribution in [0.15, 0.2) is 18.2 Å². The number of hydrogen-bond acceptors (Lipinski definition) is 3. The maximum absolute atomic E-state index is 11.9. The number of benzene rings is 1. The third-order valence-corrected chi connectivity index (χ3v) is 3.90. The van der Waals surface area contributed by atoms with Crippen LogP contribution in [0, 0.1) is 6.92 Å². The van der Waals surface area contributed by atoms with Crippen molar-refractivity contribution in [2.75, 3.05) is 5.32 Å². The average molecular weight is 290 g/mol. The van der Waals surface area contributed by atoms with Crippen LogP contribution in [0.1, 0.15) is 48.5 Å². The largest absolute Gasteiger partial charge is 0.393 e. The Morgan fingerprint density at radius 2 is 1.86 bits per heavy atom. The molecule has 1 aromatic carbocycles. The highest BCUT2D eigenvalue weighted by Gasteiger charge is 2.20. The Labute approximate surface area is 124 Å². The zero-order valence-corrected chi connectivity index (χ0v) is 12.5. The molecular formula is C16H22N2O3. The van der Waals surface area contributed by atoms with E-state index in [1.54, 1.807) is 18.2 Å². The minimum Gasteiger partial charge on any atom is -0.393 e. The van der Waals surface area contributed by atoms with Gasteiger partial charge in [0.05, 0.1) is 6.10 Å². The highest BCUT2D eigenvalue weighted by molar-refractivity contribution is 5.96. The van der Waals surface area contributed by atoms with Crippen molar-refractivity contribution in [3.05, 3.63) is 29.3 Å². The van der Waals surface area contributed by atoms with Gasteiger partial charge >= 0.3 is 6.03 Å². The number of aryl methyl sites for hydroxylation is 1. The SMILES string of the molecule is CC(=O)c1ccc(NC(=O)NC2CCC(O)CC2)cc1C. The number of aliphatic hydroxyl groups is 1. The smallest absolute Gasteiger partial charge is 0.319 e.